The third-order valence-electron chi connectivity index (χ3n) is 5.51. The van der Waals surface area contributed by atoms with Crippen molar-refractivity contribution in [2.24, 2.45) is 5.92 Å². The summed E-state index contributed by atoms with van der Waals surface area (Å²) in [7, 11) is 0. The van der Waals surface area contributed by atoms with Crippen LogP contribution in [0.3, 0.4) is 0 Å². The first-order valence-corrected chi connectivity index (χ1v) is 10.5. The highest BCUT2D eigenvalue weighted by atomic mass is 19.4. The summed E-state index contributed by atoms with van der Waals surface area (Å²) in [6.07, 6.45) is -5.19. The van der Waals surface area contributed by atoms with E-state index in [9.17, 15) is 27.6 Å². The van der Waals surface area contributed by atoms with Gasteiger partial charge in [0, 0.05) is 6.54 Å². The van der Waals surface area contributed by atoms with Crippen molar-refractivity contribution in [3.8, 4) is 0 Å². The Balaban J connectivity index is 1.75. The molecule has 2 N–H and O–H groups in total. The van der Waals surface area contributed by atoms with Crippen molar-refractivity contribution in [3.05, 3.63) is 29.3 Å². The topological polar surface area (TPSA) is 87.7 Å². The molecule has 0 spiro atoms. The van der Waals surface area contributed by atoms with Crippen LogP contribution in [0.2, 0.25) is 0 Å². The predicted octanol–water partition coefficient (Wildman–Crippen LogP) is 3.75. The molecule has 3 unspecified atom stereocenters. The first kappa shape index (κ1) is 23.9. The van der Waals surface area contributed by atoms with E-state index in [1.165, 1.54) is 4.90 Å². The van der Waals surface area contributed by atoms with E-state index in [0.717, 1.165) is 5.56 Å². The zero-order valence-electron chi connectivity index (χ0n) is 18.5. The molecular weight excluding hydrogens is 427 g/mol. The first-order chi connectivity index (χ1) is 14.8. The Morgan fingerprint density at radius 2 is 1.84 bits per heavy atom. The average molecular weight is 455 g/mol. The van der Waals surface area contributed by atoms with Gasteiger partial charge in [-0.1, -0.05) is 12.1 Å². The standard InChI is InChI=1S/C22H28F3N3O4/c1-12-5-6-13-15(9-10-28(16(13)11-12)20(31)32-21(2,3)4)26-18(29)14-7-8-17(22(23,24)25)27-19(14)30/h5-6,11,14-15,17H,7-10H2,1-4H3,(H,26,29)(H,27,30). The van der Waals surface area contributed by atoms with E-state index >= 15 is 0 Å². The van der Waals surface area contributed by atoms with Crippen molar-refractivity contribution in [3.63, 3.8) is 0 Å². The molecule has 0 saturated carbocycles. The number of alkyl halides is 3. The summed E-state index contributed by atoms with van der Waals surface area (Å²) in [5.74, 6) is -2.73. The van der Waals surface area contributed by atoms with E-state index in [1.807, 2.05) is 24.4 Å². The van der Waals surface area contributed by atoms with Gasteiger partial charge in [-0.2, -0.15) is 13.2 Å². The van der Waals surface area contributed by atoms with Gasteiger partial charge in [0.25, 0.3) is 0 Å². The van der Waals surface area contributed by atoms with Gasteiger partial charge in [-0.3, -0.25) is 14.5 Å². The summed E-state index contributed by atoms with van der Waals surface area (Å²) >= 11 is 0. The molecule has 0 bridgehead atoms. The molecule has 7 nitrogen and oxygen atoms in total. The molecule has 32 heavy (non-hydrogen) atoms. The molecule has 176 valence electrons. The summed E-state index contributed by atoms with van der Waals surface area (Å²) in [5, 5.41) is 4.70. The third kappa shape index (κ3) is 5.34. The number of anilines is 1. The Labute approximate surface area is 184 Å². The molecule has 1 aromatic carbocycles. The number of carbonyl (C=O) groups excluding carboxylic acids is 3. The molecule has 2 aliphatic heterocycles. The van der Waals surface area contributed by atoms with Gasteiger partial charge < -0.3 is 15.4 Å². The maximum atomic E-state index is 12.9. The number of ether oxygens (including phenoxy) is 1. The predicted molar refractivity (Wildman–Crippen MR) is 111 cm³/mol. The largest absolute Gasteiger partial charge is 0.443 e. The molecule has 2 aliphatic rings. The summed E-state index contributed by atoms with van der Waals surface area (Å²) in [5.41, 5.74) is 1.52. The van der Waals surface area contributed by atoms with Crippen LogP contribution < -0.4 is 15.5 Å². The van der Waals surface area contributed by atoms with Gasteiger partial charge in [0.15, 0.2) is 0 Å². The molecule has 0 aliphatic carbocycles. The van der Waals surface area contributed by atoms with Crippen LogP contribution in [-0.4, -0.2) is 42.3 Å². The van der Waals surface area contributed by atoms with E-state index in [2.05, 4.69) is 5.32 Å². The van der Waals surface area contributed by atoms with E-state index in [-0.39, 0.29) is 19.4 Å². The second-order valence-corrected chi connectivity index (χ2v) is 9.28. The molecule has 0 radical (unpaired) electrons. The molecule has 3 rings (SSSR count). The minimum atomic E-state index is -4.54. The first-order valence-electron chi connectivity index (χ1n) is 10.5. The minimum absolute atomic E-state index is 0.181. The highest BCUT2D eigenvalue weighted by Crippen LogP contribution is 2.36. The van der Waals surface area contributed by atoms with Crippen molar-refractivity contribution in [2.75, 3.05) is 11.4 Å². The minimum Gasteiger partial charge on any atom is -0.443 e. The molecule has 1 aromatic rings. The lowest BCUT2D eigenvalue weighted by Gasteiger charge is -2.36. The maximum absolute atomic E-state index is 12.9. The van der Waals surface area contributed by atoms with Crippen molar-refractivity contribution in [2.45, 2.75) is 70.8 Å². The number of carbonyl (C=O) groups is 3. The van der Waals surface area contributed by atoms with Crippen LogP contribution >= 0.6 is 0 Å². The maximum Gasteiger partial charge on any atom is 0.414 e. The number of piperidine rings is 1. The van der Waals surface area contributed by atoms with Crippen molar-refractivity contribution >= 4 is 23.6 Å². The number of amides is 3. The molecule has 0 aromatic heterocycles. The van der Waals surface area contributed by atoms with Gasteiger partial charge in [-0.25, -0.2) is 4.79 Å². The number of rotatable bonds is 2. The van der Waals surface area contributed by atoms with E-state index in [4.69, 9.17) is 4.74 Å². The number of hydrogen-bond acceptors (Lipinski definition) is 4. The molecule has 2 heterocycles. The van der Waals surface area contributed by atoms with E-state index in [1.54, 1.807) is 26.8 Å². The lowest BCUT2D eigenvalue weighted by atomic mass is 9.91. The molecule has 10 heteroatoms. The number of halogens is 3. The Hall–Kier alpha value is -2.78. The number of fused-ring (bicyclic) bond motifs is 1. The molecule has 1 saturated heterocycles. The SMILES string of the molecule is Cc1ccc2c(c1)N(C(=O)OC(C)(C)C)CCC2NC(=O)C1CCC(C(F)(F)F)NC1=O. The van der Waals surface area contributed by atoms with Crippen LogP contribution in [0.15, 0.2) is 18.2 Å². The summed E-state index contributed by atoms with van der Waals surface area (Å²) in [6.45, 7) is 7.47. The van der Waals surface area contributed by atoms with Crippen LogP contribution in [-0.2, 0) is 14.3 Å². The zero-order chi connectivity index (χ0) is 23.8. The summed E-state index contributed by atoms with van der Waals surface area (Å²) < 4.78 is 44.1. The Morgan fingerprint density at radius 3 is 2.44 bits per heavy atom. The highest BCUT2D eigenvalue weighted by Gasteiger charge is 2.46. The van der Waals surface area contributed by atoms with Crippen LogP contribution in [0.4, 0.5) is 23.7 Å². The fourth-order valence-electron chi connectivity index (χ4n) is 3.95. The second kappa shape index (κ2) is 8.63. The van der Waals surface area contributed by atoms with Gasteiger partial charge in [0.2, 0.25) is 11.8 Å². The normalized spacial score (nSPS) is 23.8. The zero-order valence-corrected chi connectivity index (χ0v) is 18.5. The number of nitrogens with zero attached hydrogens (tertiary/aromatic N) is 1. The Morgan fingerprint density at radius 1 is 1.16 bits per heavy atom. The third-order valence-corrected chi connectivity index (χ3v) is 5.51. The van der Waals surface area contributed by atoms with Crippen LogP contribution in [0, 0.1) is 12.8 Å². The molecule has 3 amide bonds. The number of aryl methyl sites for hydroxylation is 1. The lowest BCUT2D eigenvalue weighted by molar-refractivity contribution is -0.171. The van der Waals surface area contributed by atoms with Crippen LogP contribution in [0.5, 0.6) is 0 Å². The van der Waals surface area contributed by atoms with E-state index < -0.39 is 47.7 Å². The van der Waals surface area contributed by atoms with Gasteiger partial charge in [0.05, 0.1) is 11.7 Å². The number of hydrogen-bond donors (Lipinski definition) is 2. The van der Waals surface area contributed by atoms with Crippen LogP contribution in [0.1, 0.15) is 57.2 Å². The van der Waals surface area contributed by atoms with Gasteiger partial charge in [-0.05, 0) is 64.2 Å². The summed E-state index contributed by atoms with van der Waals surface area (Å²) in [6, 6.07) is 3.05. The van der Waals surface area contributed by atoms with Crippen LogP contribution in [0.25, 0.3) is 0 Å². The van der Waals surface area contributed by atoms with Crippen molar-refractivity contribution in [1.29, 1.82) is 0 Å². The monoisotopic (exact) mass is 455 g/mol. The van der Waals surface area contributed by atoms with Gasteiger partial charge in [0.1, 0.15) is 17.6 Å². The average Bonchev–Trinajstić information content (AvgIpc) is 2.65. The highest BCUT2D eigenvalue weighted by molar-refractivity contribution is 6.01. The van der Waals surface area contributed by atoms with Gasteiger partial charge in [-0.15, -0.1) is 0 Å². The smallest absolute Gasteiger partial charge is 0.414 e. The van der Waals surface area contributed by atoms with Gasteiger partial charge >= 0.3 is 12.3 Å². The Kier molecular flexibility index (Phi) is 6.44. The van der Waals surface area contributed by atoms with E-state index in [0.29, 0.717) is 17.7 Å². The van der Waals surface area contributed by atoms with Crippen molar-refractivity contribution < 1.29 is 32.3 Å². The number of nitrogens with one attached hydrogen (secondary N) is 2. The lowest BCUT2D eigenvalue weighted by Crippen LogP contribution is -2.55. The molecular formula is C22H28F3N3O4. The number of benzene rings is 1. The van der Waals surface area contributed by atoms with Crippen molar-refractivity contribution in [1.82, 2.24) is 10.6 Å². The fraction of sp³-hybridized carbons (Fsp3) is 0.591. The molecule has 1 fully saturated rings. The fourth-order valence-corrected chi connectivity index (χ4v) is 3.95. The Bertz CT molecular complexity index is 911. The summed E-state index contributed by atoms with van der Waals surface area (Å²) in [4.78, 5) is 39.1. The molecule has 3 atom stereocenters. The quantitative estimate of drug-likeness (QED) is 0.665. The second-order valence-electron chi connectivity index (χ2n) is 9.28.